The summed E-state index contributed by atoms with van der Waals surface area (Å²) in [5.41, 5.74) is 0.0300. The maximum Gasteiger partial charge on any atom is 0.208 e. The van der Waals surface area contributed by atoms with E-state index in [0.29, 0.717) is 6.10 Å². The van der Waals surface area contributed by atoms with Crippen LogP contribution in [-0.2, 0) is 16.7 Å². The topological polar surface area (TPSA) is 38.5 Å². The Bertz CT molecular complexity index is 381. The highest BCUT2D eigenvalue weighted by Gasteiger charge is 2.23. The molecule has 1 saturated heterocycles. The van der Waals surface area contributed by atoms with Crippen molar-refractivity contribution in [3.63, 3.8) is 0 Å². The molecule has 102 valence electrons. The molecular formula is C14H24N2O2. The van der Waals surface area contributed by atoms with Gasteiger partial charge in [0.25, 0.3) is 0 Å². The van der Waals surface area contributed by atoms with Crippen LogP contribution >= 0.6 is 0 Å². The standard InChI is InChI=1S/C14H24N2O2/c1-5-11-9-16(6-7-17-11)10-13-15-8-12(18-13)14(2,3)4/h8,11H,5-7,9-10H2,1-4H3/t11-/m1/s1. The van der Waals surface area contributed by atoms with Gasteiger partial charge in [0.1, 0.15) is 5.76 Å². The Hall–Kier alpha value is -0.870. The van der Waals surface area contributed by atoms with Crippen LogP contribution in [0.5, 0.6) is 0 Å². The molecule has 0 bridgehead atoms. The van der Waals surface area contributed by atoms with Crippen LogP contribution < -0.4 is 0 Å². The number of oxazole rings is 1. The first-order valence-electron chi connectivity index (χ1n) is 6.78. The van der Waals surface area contributed by atoms with Gasteiger partial charge in [-0.25, -0.2) is 4.98 Å². The summed E-state index contributed by atoms with van der Waals surface area (Å²) in [5, 5.41) is 0. The number of hydrogen-bond donors (Lipinski definition) is 0. The van der Waals surface area contributed by atoms with Gasteiger partial charge in [-0.1, -0.05) is 27.7 Å². The molecule has 0 amide bonds. The number of ether oxygens (including phenoxy) is 1. The molecule has 0 saturated carbocycles. The fourth-order valence-electron chi connectivity index (χ4n) is 2.09. The van der Waals surface area contributed by atoms with E-state index in [-0.39, 0.29) is 5.41 Å². The van der Waals surface area contributed by atoms with E-state index in [1.165, 1.54) is 0 Å². The zero-order valence-corrected chi connectivity index (χ0v) is 11.9. The monoisotopic (exact) mass is 252 g/mol. The second-order valence-corrected chi connectivity index (χ2v) is 6.00. The van der Waals surface area contributed by atoms with Gasteiger partial charge in [0.2, 0.25) is 5.89 Å². The van der Waals surface area contributed by atoms with Crippen molar-refractivity contribution >= 4 is 0 Å². The fourth-order valence-corrected chi connectivity index (χ4v) is 2.09. The first kappa shape index (κ1) is 13.6. The van der Waals surface area contributed by atoms with E-state index in [1.54, 1.807) is 0 Å². The van der Waals surface area contributed by atoms with Crippen LogP contribution in [0.15, 0.2) is 10.6 Å². The van der Waals surface area contributed by atoms with Crippen LogP contribution in [0, 0.1) is 0 Å². The highest BCUT2D eigenvalue weighted by atomic mass is 16.5. The van der Waals surface area contributed by atoms with Crippen molar-refractivity contribution < 1.29 is 9.15 Å². The summed E-state index contributed by atoms with van der Waals surface area (Å²) in [7, 11) is 0. The SMILES string of the molecule is CC[C@@H]1CN(Cc2ncc(C(C)(C)C)o2)CCO1. The molecule has 1 fully saturated rings. The Morgan fingerprint density at radius 2 is 2.22 bits per heavy atom. The van der Waals surface area contributed by atoms with Gasteiger partial charge in [-0.15, -0.1) is 0 Å². The van der Waals surface area contributed by atoms with Gasteiger partial charge in [0, 0.05) is 18.5 Å². The van der Waals surface area contributed by atoms with Crippen LogP contribution in [0.1, 0.15) is 45.8 Å². The van der Waals surface area contributed by atoms with E-state index in [2.05, 4.69) is 37.6 Å². The Balaban J connectivity index is 1.95. The van der Waals surface area contributed by atoms with Gasteiger partial charge in [-0.05, 0) is 6.42 Å². The summed E-state index contributed by atoms with van der Waals surface area (Å²) in [5.74, 6) is 1.77. The Morgan fingerprint density at radius 1 is 1.44 bits per heavy atom. The molecular weight excluding hydrogens is 228 g/mol. The second kappa shape index (κ2) is 5.41. The zero-order chi connectivity index (χ0) is 13.2. The minimum atomic E-state index is 0.0300. The Labute approximate surface area is 109 Å². The molecule has 2 heterocycles. The summed E-state index contributed by atoms with van der Waals surface area (Å²) in [6, 6.07) is 0. The molecule has 18 heavy (non-hydrogen) atoms. The molecule has 0 N–H and O–H groups in total. The third-order valence-corrected chi connectivity index (χ3v) is 3.33. The van der Waals surface area contributed by atoms with Gasteiger partial charge in [0.05, 0.1) is 25.5 Å². The van der Waals surface area contributed by atoms with Gasteiger partial charge in [-0.2, -0.15) is 0 Å². The lowest BCUT2D eigenvalue weighted by Crippen LogP contribution is -2.41. The third-order valence-electron chi connectivity index (χ3n) is 3.33. The Kier molecular flexibility index (Phi) is 4.07. The van der Waals surface area contributed by atoms with Gasteiger partial charge in [0.15, 0.2) is 0 Å². The lowest BCUT2D eigenvalue weighted by atomic mass is 9.94. The van der Waals surface area contributed by atoms with Gasteiger partial charge < -0.3 is 9.15 Å². The molecule has 1 aromatic rings. The first-order valence-corrected chi connectivity index (χ1v) is 6.78. The summed E-state index contributed by atoms with van der Waals surface area (Å²) in [6.07, 6.45) is 3.28. The maximum atomic E-state index is 5.83. The smallest absolute Gasteiger partial charge is 0.208 e. The zero-order valence-electron chi connectivity index (χ0n) is 11.9. The molecule has 0 unspecified atom stereocenters. The normalized spacial score (nSPS) is 22.3. The number of morpholine rings is 1. The summed E-state index contributed by atoms with van der Waals surface area (Å²) >= 11 is 0. The summed E-state index contributed by atoms with van der Waals surface area (Å²) in [6.45, 7) is 12.1. The molecule has 1 aliphatic heterocycles. The van der Waals surface area contributed by atoms with Crippen molar-refractivity contribution in [2.24, 2.45) is 0 Å². The molecule has 4 heteroatoms. The molecule has 2 rings (SSSR count). The Morgan fingerprint density at radius 3 is 2.83 bits per heavy atom. The summed E-state index contributed by atoms with van der Waals surface area (Å²) in [4.78, 5) is 6.74. The first-order chi connectivity index (χ1) is 8.49. The highest BCUT2D eigenvalue weighted by molar-refractivity contribution is 5.06. The minimum Gasteiger partial charge on any atom is -0.444 e. The molecule has 0 aromatic carbocycles. The van der Waals surface area contributed by atoms with Crippen molar-refractivity contribution in [3.8, 4) is 0 Å². The number of aromatic nitrogens is 1. The van der Waals surface area contributed by atoms with Gasteiger partial charge in [-0.3, -0.25) is 4.90 Å². The average molecular weight is 252 g/mol. The number of rotatable bonds is 3. The molecule has 1 aromatic heterocycles. The molecule has 1 atom stereocenters. The average Bonchev–Trinajstić information content (AvgIpc) is 2.77. The van der Waals surface area contributed by atoms with E-state index in [4.69, 9.17) is 9.15 Å². The predicted octanol–water partition coefficient (Wildman–Crippen LogP) is 2.58. The van der Waals surface area contributed by atoms with E-state index in [9.17, 15) is 0 Å². The molecule has 4 nitrogen and oxygen atoms in total. The van der Waals surface area contributed by atoms with Crippen molar-refractivity contribution in [2.45, 2.75) is 52.2 Å². The van der Waals surface area contributed by atoms with Crippen LogP contribution in [0.3, 0.4) is 0 Å². The molecule has 0 spiro atoms. The van der Waals surface area contributed by atoms with Crippen molar-refractivity contribution in [2.75, 3.05) is 19.7 Å². The van der Waals surface area contributed by atoms with Crippen LogP contribution in [-0.4, -0.2) is 35.7 Å². The third kappa shape index (κ3) is 3.33. The molecule has 0 radical (unpaired) electrons. The lowest BCUT2D eigenvalue weighted by molar-refractivity contribution is -0.0348. The van der Waals surface area contributed by atoms with E-state index < -0.39 is 0 Å². The van der Waals surface area contributed by atoms with Crippen molar-refractivity contribution in [1.29, 1.82) is 0 Å². The number of hydrogen-bond acceptors (Lipinski definition) is 4. The maximum absolute atomic E-state index is 5.83. The van der Waals surface area contributed by atoms with Crippen LogP contribution in [0.25, 0.3) is 0 Å². The van der Waals surface area contributed by atoms with E-state index >= 15 is 0 Å². The predicted molar refractivity (Wildman–Crippen MR) is 70.5 cm³/mol. The molecule has 0 aliphatic carbocycles. The fraction of sp³-hybridized carbons (Fsp3) is 0.786. The highest BCUT2D eigenvalue weighted by Crippen LogP contribution is 2.23. The van der Waals surface area contributed by atoms with Crippen LogP contribution in [0.4, 0.5) is 0 Å². The second-order valence-electron chi connectivity index (χ2n) is 6.00. The van der Waals surface area contributed by atoms with Crippen molar-refractivity contribution in [3.05, 3.63) is 17.8 Å². The van der Waals surface area contributed by atoms with Crippen molar-refractivity contribution in [1.82, 2.24) is 9.88 Å². The summed E-state index contributed by atoms with van der Waals surface area (Å²) < 4.78 is 11.5. The van der Waals surface area contributed by atoms with E-state index in [1.807, 2.05) is 6.20 Å². The lowest BCUT2D eigenvalue weighted by Gasteiger charge is -2.31. The van der Waals surface area contributed by atoms with E-state index in [0.717, 1.165) is 44.3 Å². The minimum absolute atomic E-state index is 0.0300. The van der Waals surface area contributed by atoms with Crippen LogP contribution in [0.2, 0.25) is 0 Å². The van der Waals surface area contributed by atoms with Gasteiger partial charge >= 0.3 is 0 Å². The number of nitrogens with zero attached hydrogens (tertiary/aromatic N) is 2. The molecule has 1 aliphatic rings. The quantitative estimate of drug-likeness (QED) is 0.829. The largest absolute Gasteiger partial charge is 0.444 e.